The van der Waals surface area contributed by atoms with Crippen LogP contribution in [0, 0.1) is 0 Å². The van der Waals surface area contributed by atoms with E-state index in [1.165, 1.54) is 0 Å². The summed E-state index contributed by atoms with van der Waals surface area (Å²) < 4.78 is 0. The summed E-state index contributed by atoms with van der Waals surface area (Å²) in [5, 5.41) is 9.90. The first-order chi connectivity index (χ1) is 2.27. The van der Waals surface area contributed by atoms with Gasteiger partial charge in [-0.3, -0.25) is 0 Å². The maximum Gasteiger partial charge on any atom is 1.00 e. The van der Waals surface area contributed by atoms with Gasteiger partial charge in [-0.25, -0.2) is 0 Å². The van der Waals surface area contributed by atoms with E-state index < -0.39 is 0 Å². The van der Waals surface area contributed by atoms with Crippen molar-refractivity contribution in [2.45, 2.75) is 26.4 Å². The Morgan fingerprint density at radius 2 is 1.83 bits per heavy atom. The molecule has 1 nitrogen and oxygen atoms in total. The van der Waals surface area contributed by atoms with Gasteiger partial charge in [0.05, 0.1) is 0 Å². The summed E-state index contributed by atoms with van der Waals surface area (Å²) in [5.41, 5.74) is 0. The number of rotatable bonds is 1. The van der Waals surface area contributed by atoms with Crippen molar-refractivity contribution >= 4 is 0 Å². The predicted octanol–water partition coefficient (Wildman–Crippen LogP) is -2.85. The van der Waals surface area contributed by atoms with Crippen LogP contribution in [0.2, 0.25) is 0 Å². The zero-order valence-corrected chi connectivity index (χ0v) is 4.69. The molecule has 0 heterocycles. The fraction of sp³-hybridized carbons (Fsp3) is 1.00. The molecule has 0 aromatic carbocycles. The Balaban J connectivity index is 0. The molecule has 0 N–H and O–H groups in total. The first-order valence-corrected chi connectivity index (χ1v) is 1.93. The first-order valence-electron chi connectivity index (χ1n) is 1.93. The second-order valence-electron chi connectivity index (χ2n) is 1.22. The minimum Gasteiger partial charge on any atom is -0.852 e. The van der Waals surface area contributed by atoms with Gasteiger partial charge in [-0.1, -0.05) is 20.3 Å². The van der Waals surface area contributed by atoms with Gasteiger partial charge in [-0.15, -0.1) is 6.10 Å². The fourth-order valence-electron chi connectivity index (χ4n) is 0. The molecular weight excluding hydrogens is 71.0 g/mol. The normalized spacial score (nSPS) is 12.5. The second kappa shape index (κ2) is 5.56. The van der Waals surface area contributed by atoms with Gasteiger partial charge in [0.25, 0.3) is 0 Å². The summed E-state index contributed by atoms with van der Waals surface area (Å²) in [6.07, 6.45) is 0.384. The summed E-state index contributed by atoms with van der Waals surface area (Å²) in [6.45, 7) is 3.55. The molecule has 0 saturated carbocycles. The van der Waals surface area contributed by atoms with Crippen molar-refractivity contribution in [1.29, 1.82) is 0 Å². The number of hydrogen-bond donors (Lipinski definition) is 0. The molecule has 6 heavy (non-hydrogen) atoms. The van der Waals surface area contributed by atoms with E-state index in [0.29, 0.717) is 0 Å². The molecule has 0 fully saturated rings. The molecule has 1 atom stereocenters. The Morgan fingerprint density at radius 3 is 1.83 bits per heavy atom. The predicted molar refractivity (Wildman–Crippen MR) is 19.8 cm³/mol. The van der Waals surface area contributed by atoms with Crippen molar-refractivity contribution in [3.05, 3.63) is 0 Å². The van der Waals surface area contributed by atoms with Gasteiger partial charge < -0.3 is 5.11 Å². The third-order valence-corrected chi connectivity index (χ3v) is 0.575. The van der Waals surface area contributed by atoms with Crippen molar-refractivity contribution in [1.82, 2.24) is 0 Å². The minimum absolute atomic E-state index is 0. The minimum atomic E-state index is -0.366. The van der Waals surface area contributed by atoms with Crippen LogP contribution >= 0.6 is 0 Å². The molecule has 0 aliphatic heterocycles. The molecule has 2 heteroatoms. The monoisotopic (exact) mass is 80.1 g/mol. The van der Waals surface area contributed by atoms with Gasteiger partial charge in [-0.05, 0) is 0 Å². The van der Waals surface area contributed by atoms with Crippen molar-refractivity contribution in [2.75, 3.05) is 0 Å². The van der Waals surface area contributed by atoms with Gasteiger partial charge >= 0.3 is 18.9 Å². The topological polar surface area (TPSA) is 23.1 Å². The Kier molecular flexibility index (Phi) is 9.03. The fourth-order valence-corrected chi connectivity index (χ4v) is 0. The zero-order valence-electron chi connectivity index (χ0n) is 4.69. The van der Waals surface area contributed by atoms with Crippen molar-refractivity contribution in [2.24, 2.45) is 0 Å². The molecule has 0 aliphatic carbocycles. The van der Waals surface area contributed by atoms with Crippen LogP contribution in [0.5, 0.6) is 0 Å². The average molecular weight is 80.1 g/mol. The molecule has 0 spiro atoms. The SMILES string of the molecule is CC[C@H](C)[O-].[Li+]. The maximum absolute atomic E-state index is 9.90. The van der Waals surface area contributed by atoms with Crippen molar-refractivity contribution in [3.8, 4) is 0 Å². The van der Waals surface area contributed by atoms with Gasteiger partial charge in [0.2, 0.25) is 0 Å². The smallest absolute Gasteiger partial charge is 0.852 e. The van der Waals surface area contributed by atoms with Crippen LogP contribution in [0.3, 0.4) is 0 Å². The molecule has 0 saturated heterocycles. The maximum atomic E-state index is 9.90. The summed E-state index contributed by atoms with van der Waals surface area (Å²) >= 11 is 0. The standard InChI is InChI=1S/C4H9O.Li/c1-3-4(2)5;/h4H,3H2,1-2H3;/q-1;+1/t4-;/m0./s1. The van der Waals surface area contributed by atoms with E-state index in [-0.39, 0.29) is 25.0 Å². The Labute approximate surface area is 50.9 Å². The molecular formula is C4H9LiO. The van der Waals surface area contributed by atoms with Crippen LogP contribution < -0.4 is 24.0 Å². The molecule has 0 aromatic rings. The van der Waals surface area contributed by atoms with Crippen LogP contribution in [0.15, 0.2) is 0 Å². The van der Waals surface area contributed by atoms with Crippen LogP contribution in [-0.4, -0.2) is 6.10 Å². The molecule has 0 amide bonds. The first kappa shape index (κ1) is 9.75. The van der Waals surface area contributed by atoms with Crippen molar-refractivity contribution < 1.29 is 24.0 Å². The van der Waals surface area contributed by atoms with E-state index in [1.807, 2.05) is 6.92 Å². The van der Waals surface area contributed by atoms with Gasteiger partial charge in [-0.2, -0.15) is 0 Å². The number of hydrogen-bond acceptors (Lipinski definition) is 1. The molecule has 0 rings (SSSR count). The van der Waals surface area contributed by atoms with E-state index in [9.17, 15) is 5.11 Å². The van der Waals surface area contributed by atoms with Crippen LogP contribution in [0.25, 0.3) is 0 Å². The summed E-state index contributed by atoms with van der Waals surface area (Å²) in [7, 11) is 0. The van der Waals surface area contributed by atoms with E-state index in [1.54, 1.807) is 6.92 Å². The van der Waals surface area contributed by atoms with Crippen LogP contribution in [-0.2, 0) is 0 Å². The Morgan fingerprint density at radius 1 is 1.67 bits per heavy atom. The summed E-state index contributed by atoms with van der Waals surface area (Å²) in [4.78, 5) is 0. The Hall–Kier alpha value is 0.557. The van der Waals surface area contributed by atoms with Crippen LogP contribution in [0.1, 0.15) is 20.3 Å². The van der Waals surface area contributed by atoms with Crippen LogP contribution in [0.4, 0.5) is 0 Å². The van der Waals surface area contributed by atoms with Gasteiger partial charge in [0, 0.05) is 0 Å². The van der Waals surface area contributed by atoms with Gasteiger partial charge in [0.1, 0.15) is 0 Å². The average Bonchev–Trinajstić information content (AvgIpc) is 1.38. The van der Waals surface area contributed by atoms with E-state index in [0.717, 1.165) is 6.42 Å². The van der Waals surface area contributed by atoms with E-state index >= 15 is 0 Å². The second-order valence-corrected chi connectivity index (χ2v) is 1.22. The molecule has 32 valence electrons. The molecule has 0 aliphatic rings. The molecule has 0 aromatic heterocycles. The quantitative estimate of drug-likeness (QED) is 0.311. The molecule has 0 radical (unpaired) electrons. The summed E-state index contributed by atoms with van der Waals surface area (Å²) in [6, 6.07) is 0. The third kappa shape index (κ3) is 8.82. The molecule has 0 unspecified atom stereocenters. The summed E-state index contributed by atoms with van der Waals surface area (Å²) in [5.74, 6) is 0. The molecule has 0 bridgehead atoms. The van der Waals surface area contributed by atoms with Gasteiger partial charge in [0.15, 0.2) is 0 Å². The Bertz CT molecular complexity index is 21.5. The van der Waals surface area contributed by atoms with E-state index in [4.69, 9.17) is 0 Å². The zero-order chi connectivity index (χ0) is 4.28. The van der Waals surface area contributed by atoms with Crippen molar-refractivity contribution in [3.63, 3.8) is 0 Å². The third-order valence-electron chi connectivity index (χ3n) is 0.575. The van der Waals surface area contributed by atoms with E-state index in [2.05, 4.69) is 0 Å². The largest absolute Gasteiger partial charge is 1.00 e.